The summed E-state index contributed by atoms with van der Waals surface area (Å²) < 4.78 is 15.4. The van der Waals surface area contributed by atoms with Gasteiger partial charge in [-0.1, -0.05) is 17.7 Å². The van der Waals surface area contributed by atoms with Gasteiger partial charge in [-0.05, 0) is 63.4 Å². The Morgan fingerprint density at radius 2 is 1.77 bits per heavy atom. The predicted molar refractivity (Wildman–Crippen MR) is 116 cm³/mol. The van der Waals surface area contributed by atoms with Crippen LogP contribution >= 0.6 is 0 Å². The van der Waals surface area contributed by atoms with Gasteiger partial charge in [-0.3, -0.25) is 4.90 Å². The second kappa shape index (κ2) is 8.55. The minimum Gasteiger partial charge on any atom is -0.294 e. The van der Waals surface area contributed by atoms with Crippen LogP contribution in [0.4, 0.5) is 4.39 Å². The largest absolute Gasteiger partial charge is 0.294 e. The number of aryl methyl sites for hydroxylation is 1. The first-order chi connectivity index (χ1) is 14.5. The molecule has 0 aliphatic heterocycles. The van der Waals surface area contributed by atoms with E-state index in [-0.39, 0.29) is 11.9 Å². The van der Waals surface area contributed by atoms with Gasteiger partial charge in [0, 0.05) is 36.1 Å². The molecule has 2 aromatic heterocycles. The van der Waals surface area contributed by atoms with Gasteiger partial charge in [-0.15, -0.1) is 0 Å². The lowest BCUT2D eigenvalue weighted by atomic mass is 10.1. The molecule has 4 rings (SSSR count). The van der Waals surface area contributed by atoms with Gasteiger partial charge >= 0.3 is 0 Å². The first-order valence-corrected chi connectivity index (χ1v) is 9.89. The first-order valence-electron chi connectivity index (χ1n) is 9.89. The molecule has 2 aromatic carbocycles. The van der Waals surface area contributed by atoms with Crippen LogP contribution in [0.3, 0.4) is 0 Å². The van der Waals surface area contributed by atoms with Crippen LogP contribution < -0.4 is 0 Å². The quantitative estimate of drug-likeness (QED) is 0.458. The number of benzene rings is 2. The van der Waals surface area contributed by atoms with E-state index in [0.717, 1.165) is 28.2 Å². The summed E-state index contributed by atoms with van der Waals surface area (Å²) in [5, 5.41) is 4.84. The number of nitrogens with zero attached hydrogens (tertiary/aromatic N) is 5. The normalized spacial score (nSPS) is 12.3. The van der Waals surface area contributed by atoms with Crippen molar-refractivity contribution in [2.24, 2.45) is 0 Å². The van der Waals surface area contributed by atoms with Crippen molar-refractivity contribution in [2.45, 2.75) is 26.4 Å². The molecule has 0 aliphatic rings. The van der Waals surface area contributed by atoms with E-state index in [1.807, 2.05) is 29.1 Å². The number of hydrogen-bond donors (Lipinski definition) is 0. The summed E-state index contributed by atoms with van der Waals surface area (Å²) in [5.41, 5.74) is 5.94. The minimum absolute atomic E-state index is 0.108. The van der Waals surface area contributed by atoms with Crippen LogP contribution in [0.25, 0.3) is 16.9 Å². The highest BCUT2D eigenvalue weighted by Crippen LogP contribution is 2.27. The molecule has 1 atom stereocenters. The highest BCUT2D eigenvalue weighted by molar-refractivity contribution is 5.63. The van der Waals surface area contributed by atoms with Crippen LogP contribution in [0.2, 0.25) is 0 Å². The Morgan fingerprint density at radius 1 is 1.03 bits per heavy atom. The van der Waals surface area contributed by atoms with E-state index < -0.39 is 0 Å². The molecule has 0 aliphatic carbocycles. The Hall–Kier alpha value is -3.38. The molecular weight excluding hydrogens is 377 g/mol. The zero-order valence-electron chi connectivity index (χ0n) is 17.3. The SMILES string of the molecule is Cc1ccc(-n2cc(CN(C)[C@@H](C)c3ccncn3)c(-c3ccc(F)cc3)n2)cc1. The monoisotopic (exact) mass is 401 g/mol. The van der Waals surface area contributed by atoms with Gasteiger partial charge < -0.3 is 0 Å². The molecule has 2 heterocycles. The van der Waals surface area contributed by atoms with Gasteiger partial charge in [0.25, 0.3) is 0 Å². The smallest absolute Gasteiger partial charge is 0.123 e. The fraction of sp³-hybridized carbons (Fsp3) is 0.208. The van der Waals surface area contributed by atoms with Gasteiger partial charge in [0.05, 0.1) is 17.1 Å². The second-order valence-corrected chi connectivity index (χ2v) is 7.52. The first kappa shape index (κ1) is 19.9. The zero-order chi connectivity index (χ0) is 21.1. The summed E-state index contributed by atoms with van der Waals surface area (Å²) in [6.07, 6.45) is 5.37. The second-order valence-electron chi connectivity index (χ2n) is 7.52. The Kier molecular flexibility index (Phi) is 5.68. The van der Waals surface area contributed by atoms with E-state index in [0.29, 0.717) is 6.54 Å². The van der Waals surface area contributed by atoms with Crippen molar-refractivity contribution in [3.63, 3.8) is 0 Å². The third-order valence-corrected chi connectivity index (χ3v) is 5.32. The van der Waals surface area contributed by atoms with E-state index in [2.05, 4.69) is 47.9 Å². The fourth-order valence-corrected chi connectivity index (χ4v) is 3.39. The van der Waals surface area contributed by atoms with E-state index >= 15 is 0 Å². The molecule has 5 nitrogen and oxygen atoms in total. The van der Waals surface area contributed by atoms with Gasteiger partial charge in [0.15, 0.2) is 0 Å². The molecule has 0 radical (unpaired) electrons. The van der Waals surface area contributed by atoms with Crippen LogP contribution in [0.1, 0.15) is 29.8 Å². The highest BCUT2D eigenvalue weighted by Gasteiger charge is 2.18. The molecule has 0 amide bonds. The van der Waals surface area contributed by atoms with Crippen molar-refractivity contribution in [3.8, 4) is 16.9 Å². The van der Waals surface area contributed by atoms with Gasteiger partial charge in [-0.2, -0.15) is 5.10 Å². The van der Waals surface area contributed by atoms with E-state index in [1.54, 1.807) is 24.7 Å². The number of aromatic nitrogens is 4. The Morgan fingerprint density at radius 3 is 2.43 bits per heavy atom. The molecule has 6 heteroatoms. The minimum atomic E-state index is -0.257. The number of rotatable bonds is 6. The van der Waals surface area contributed by atoms with Crippen LogP contribution in [0, 0.1) is 12.7 Å². The molecule has 0 unspecified atom stereocenters. The van der Waals surface area contributed by atoms with Gasteiger partial charge in [-0.25, -0.2) is 19.0 Å². The van der Waals surface area contributed by atoms with E-state index in [4.69, 9.17) is 5.10 Å². The number of hydrogen-bond acceptors (Lipinski definition) is 4. The van der Waals surface area contributed by atoms with E-state index in [9.17, 15) is 4.39 Å². The predicted octanol–water partition coefficient (Wildman–Crippen LogP) is 4.97. The fourth-order valence-electron chi connectivity index (χ4n) is 3.39. The summed E-state index contributed by atoms with van der Waals surface area (Å²) in [6.45, 7) is 4.85. The standard InChI is InChI=1S/C24H24FN5/c1-17-4-10-22(11-5-17)30-15-20(24(28-30)19-6-8-21(25)9-7-19)14-29(3)18(2)23-12-13-26-16-27-23/h4-13,15-16,18H,14H2,1-3H3/t18-/m0/s1. The number of halogens is 1. The van der Waals surface area contributed by atoms with Crippen molar-refractivity contribution in [1.29, 1.82) is 0 Å². The molecule has 0 fully saturated rings. The summed E-state index contributed by atoms with van der Waals surface area (Å²) in [4.78, 5) is 10.6. The molecule has 0 spiro atoms. The third kappa shape index (κ3) is 4.28. The molecule has 0 bridgehead atoms. The molecule has 4 aromatic rings. The van der Waals surface area contributed by atoms with Crippen molar-refractivity contribution in [3.05, 3.63) is 96.0 Å². The van der Waals surface area contributed by atoms with Crippen LogP contribution in [0.5, 0.6) is 0 Å². The lowest BCUT2D eigenvalue weighted by Crippen LogP contribution is -2.22. The summed E-state index contributed by atoms with van der Waals surface area (Å²) in [6, 6.07) is 16.8. The topological polar surface area (TPSA) is 46.8 Å². The van der Waals surface area contributed by atoms with Crippen molar-refractivity contribution < 1.29 is 4.39 Å². The molecule has 0 N–H and O–H groups in total. The maximum atomic E-state index is 13.5. The summed E-state index contributed by atoms with van der Waals surface area (Å²) in [5.74, 6) is -0.257. The van der Waals surface area contributed by atoms with E-state index in [1.165, 1.54) is 17.7 Å². The Bertz CT molecular complexity index is 1100. The van der Waals surface area contributed by atoms with Crippen molar-refractivity contribution in [2.75, 3.05) is 7.05 Å². The van der Waals surface area contributed by atoms with Crippen molar-refractivity contribution >= 4 is 0 Å². The van der Waals surface area contributed by atoms with Gasteiger partial charge in [0.1, 0.15) is 12.1 Å². The molecular formula is C24H24FN5. The highest BCUT2D eigenvalue weighted by atomic mass is 19.1. The summed E-state index contributed by atoms with van der Waals surface area (Å²) >= 11 is 0. The average Bonchev–Trinajstić information content (AvgIpc) is 3.18. The lowest BCUT2D eigenvalue weighted by Gasteiger charge is -2.24. The molecule has 0 saturated carbocycles. The Balaban J connectivity index is 1.69. The lowest BCUT2D eigenvalue weighted by molar-refractivity contribution is 0.248. The van der Waals surface area contributed by atoms with Gasteiger partial charge in [0.2, 0.25) is 0 Å². The van der Waals surface area contributed by atoms with Crippen molar-refractivity contribution in [1.82, 2.24) is 24.6 Å². The maximum absolute atomic E-state index is 13.5. The molecule has 0 saturated heterocycles. The van der Waals surface area contributed by atoms with Crippen LogP contribution in [0.15, 0.2) is 73.3 Å². The maximum Gasteiger partial charge on any atom is 0.123 e. The van der Waals surface area contributed by atoms with Crippen LogP contribution in [-0.4, -0.2) is 31.7 Å². The average molecular weight is 401 g/mol. The summed E-state index contributed by atoms with van der Waals surface area (Å²) in [7, 11) is 2.06. The molecule has 152 valence electrons. The van der Waals surface area contributed by atoms with Crippen LogP contribution in [-0.2, 0) is 6.54 Å². The third-order valence-electron chi connectivity index (χ3n) is 5.32. The Labute approximate surface area is 175 Å². The molecule has 30 heavy (non-hydrogen) atoms. The zero-order valence-corrected chi connectivity index (χ0v) is 17.3.